The number of rotatable bonds is 7. The summed E-state index contributed by atoms with van der Waals surface area (Å²) in [6.45, 7) is 7.45. The quantitative estimate of drug-likeness (QED) is 0.530. The van der Waals surface area contributed by atoms with Gasteiger partial charge in [-0.05, 0) is 55.9 Å². The number of nitrogens with one attached hydrogen (secondary N) is 1. The van der Waals surface area contributed by atoms with Gasteiger partial charge in [0.2, 0.25) is 5.91 Å². The van der Waals surface area contributed by atoms with Gasteiger partial charge in [-0.3, -0.25) is 19.1 Å². The smallest absolute Gasteiger partial charge is 0.295 e. The third kappa shape index (κ3) is 5.07. The lowest BCUT2D eigenvalue weighted by atomic mass is 9.97. The highest BCUT2D eigenvalue weighted by atomic mass is 16.2. The van der Waals surface area contributed by atoms with Gasteiger partial charge in [-0.15, -0.1) is 0 Å². The van der Waals surface area contributed by atoms with Gasteiger partial charge in [0.15, 0.2) is 11.5 Å². The highest BCUT2D eigenvalue weighted by Crippen LogP contribution is 2.22. The maximum atomic E-state index is 13.1. The number of pyridine rings is 1. The summed E-state index contributed by atoms with van der Waals surface area (Å²) in [7, 11) is 0. The molecule has 0 saturated carbocycles. The number of carbonyl (C=O) groups excluding carboxylic acids is 1. The van der Waals surface area contributed by atoms with Crippen LogP contribution in [-0.2, 0) is 24.3 Å². The van der Waals surface area contributed by atoms with Crippen LogP contribution in [0.15, 0.2) is 47.4 Å². The Morgan fingerprint density at radius 3 is 2.86 bits per heavy atom. The number of fused-ring (bicyclic) bond motifs is 2. The summed E-state index contributed by atoms with van der Waals surface area (Å²) in [4.78, 5) is 39.5. The van der Waals surface area contributed by atoms with Crippen LogP contribution >= 0.6 is 0 Å². The molecule has 184 valence electrons. The number of carbonyl (C=O) groups is 1. The Hall–Kier alpha value is -3.26. The Labute approximate surface area is 206 Å². The van der Waals surface area contributed by atoms with E-state index >= 15 is 0 Å². The number of aromatic nitrogens is 3. The van der Waals surface area contributed by atoms with Crippen LogP contribution in [0.2, 0.25) is 0 Å². The minimum atomic E-state index is -0.136. The minimum absolute atomic E-state index is 0.0805. The van der Waals surface area contributed by atoms with Crippen molar-refractivity contribution in [1.29, 1.82) is 0 Å². The third-order valence-electron chi connectivity index (χ3n) is 7.25. The molecule has 8 nitrogen and oxygen atoms in total. The lowest BCUT2D eigenvalue weighted by molar-refractivity contribution is -0.125. The van der Waals surface area contributed by atoms with Crippen LogP contribution in [0.3, 0.4) is 0 Å². The lowest BCUT2D eigenvalue weighted by Crippen LogP contribution is -2.46. The predicted octanol–water partition coefficient (Wildman–Crippen LogP) is 2.59. The van der Waals surface area contributed by atoms with Crippen LogP contribution in [0.5, 0.6) is 0 Å². The van der Waals surface area contributed by atoms with Crippen LogP contribution in [0, 0.1) is 5.92 Å². The molecule has 2 aliphatic rings. The second-order valence-corrected chi connectivity index (χ2v) is 9.56. The number of aryl methyl sites for hydroxylation is 1. The van der Waals surface area contributed by atoms with Gasteiger partial charge in [-0.25, -0.2) is 9.97 Å². The second-order valence-electron chi connectivity index (χ2n) is 9.56. The van der Waals surface area contributed by atoms with E-state index in [1.165, 1.54) is 11.1 Å². The summed E-state index contributed by atoms with van der Waals surface area (Å²) >= 11 is 0. The zero-order valence-electron chi connectivity index (χ0n) is 20.4. The van der Waals surface area contributed by atoms with Crippen molar-refractivity contribution >= 4 is 22.9 Å². The standard InChI is InChI=1S/C27H34N6O2/c1-2-33-24-23(11-5-13-28-24)30-25(27(33)35)32-16-6-10-22(19-32)26(34)29-14-7-15-31-17-12-20-8-3-4-9-21(20)18-31/h3-5,8-9,11,13,22H,2,6-7,10,12,14-19H2,1H3,(H,29,34). The SMILES string of the molecule is CCn1c(=O)c(N2CCCC(C(=O)NCCCN3CCc4ccccc4C3)C2)nc2cccnc21. The number of hydrogen-bond donors (Lipinski definition) is 1. The zero-order valence-corrected chi connectivity index (χ0v) is 20.4. The number of amides is 1. The molecule has 4 heterocycles. The Morgan fingerprint density at radius 2 is 2.00 bits per heavy atom. The van der Waals surface area contributed by atoms with Gasteiger partial charge in [-0.2, -0.15) is 0 Å². The molecule has 0 bridgehead atoms. The average molecular weight is 475 g/mol. The largest absolute Gasteiger partial charge is 0.356 e. The Bertz CT molecular complexity index is 1260. The van der Waals surface area contributed by atoms with Crippen LogP contribution in [0.25, 0.3) is 11.2 Å². The molecular weight excluding hydrogens is 440 g/mol. The van der Waals surface area contributed by atoms with Gasteiger partial charge in [0.25, 0.3) is 5.56 Å². The van der Waals surface area contributed by atoms with Gasteiger partial charge < -0.3 is 10.2 Å². The molecule has 0 aliphatic carbocycles. The van der Waals surface area contributed by atoms with E-state index in [0.29, 0.717) is 36.6 Å². The molecule has 0 radical (unpaired) electrons. The summed E-state index contributed by atoms with van der Waals surface area (Å²) in [5.74, 6) is 0.374. The summed E-state index contributed by atoms with van der Waals surface area (Å²) in [5.41, 5.74) is 4.05. The average Bonchev–Trinajstić information content (AvgIpc) is 2.90. The number of nitrogens with zero attached hydrogens (tertiary/aromatic N) is 5. The van der Waals surface area contributed by atoms with Crippen molar-refractivity contribution in [2.24, 2.45) is 5.92 Å². The maximum absolute atomic E-state index is 13.1. The molecule has 1 amide bonds. The van der Waals surface area contributed by atoms with E-state index in [0.717, 1.165) is 51.9 Å². The third-order valence-corrected chi connectivity index (χ3v) is 7.25. The van der Waals surface area contributed by atoms with E-state index < -0.39 is 0 Å². The summed E-state index contributed by atoms with van der Waals surface area (Å²) in [6, 6.07) is 12.4. The zero-order chi connectivity index (χ0) is 24.2. The van der Waals surface area contributed by atoms with Gasteiger partial charge >= 0.3 is 0 Å². The number of hydrogen-bond acceptors (Lipinski definition) is 6. The summed E-state index contributed by atoms with van der Waals surface area (Å²) in [6.07, 6.45) is 5.41. The first kappa shape index (κ1) is 23.5. The van der Waals surface area contributed by atoms with Crippen molar-refractivity contribution in [2.75, 3.05) is 37.6 Å². The van der Waals surface area contributed by atoms with Crippen LogP contribution in [0.1, 0.15) is 37.3 Å². The van der Waals surface area contributed by atoms with Gasteiger partial charge in [0, 0.05) is 52.0 Å². The highest BCUT2D eigenvalue weighted by molar-refractivity contribution is 5.79. The Morgan fingerprint density at radius 1 is 1.14 bits per heavy atom. The lowest BCUT2D eigenvalue weighted by Gasteiger charge is -2.33. The second kappa shape index (κ2) is 10.6. The van der Waals surface area contributed by atoms with Crippen LogP contribution in [0.4, 0.5) is 5.82 Å². The molecule has 5 rings (SSSR count). The summed E-state index contributed by atoms with van der Waals surface area (Å²) < 4.78 is 1.67. The maximum Gasteiger partial charge on any atom is 0.295 e. The van der Waals surface area contributed by atoms with E-state index in [2.05, 4.69) is 44.5 Å². The predicted molar refractivity (Wildman–Crippen MR) is 137 cm³/mol. The molecule has 1 saturated heterocycles. The number of benzene rings is 1. The monoisotopic (exact) mass is 474 g/mol. The summed E-state index contributed by atoms with van der Waals surface area (Å²) in [5, 5.41) is 3.14. The molecule has 3 aromatic rings. The fourth-order valence-corrected chi connectivity index (χ4v) is 5.35. The topological polar surface area (TPSA) is 83.4 Å². The van der Waals surface area contributed by atoms with Crippen molar-refractivity contribution in [3.8, 4) is 0 Å². The molecule has 1 aromatic carbocycles. The van der Waals surface area contributed by atoms with Gasteiger partial charge in [0.05, 0.1) is 5.92 Å². The molecule has 0 spiro atoms. The van der Waals surface area contributed by atoms with Gasteiger partial charge in [0.1, 0.15) is 5.52 Å². The fraction of sp³-hybridized carbons (Fsp3) is 0.481. The van der Waals surface area contributed by atoms with E-state index in [-0.39, 0.29) is 17.4 Å². The van der Waals surface area contributed by atoms with E-state index in [1.54, 1.807) is 10.8 Å². The van der Waals surface area contributed by atoms with Crippen molar-refractivity contribution in [3.63, 3.8) is 0 Å². The molecule has 1 atom stereocenters. The van der Waals surface area contributed by atoms with Crippen LogP contribution < -0.4 is 15.8 Å². The van der Waals surface area contributed by atoms with E-state index in [4.69, 9.17) is 0 Å². The molecule has 2 aromatic heterocycles. The number of piperidine rings is 1. The highest BCUT2D eigenvalue weighted by Gasteiger charge is 2.28. The van der Waals surface area contributed by atoms with Crippen molar-refractivity contribution in [1.82, 2.24) is 24.8 Å². The molecule has 2 aliphatic heterocycles. The van der Waals surface area contributed by atoms with Gasteiger partial charge in [-0.1, -0.05) is 24.3 Å². The minimum Gasteiger partial charge on any atom is -0.356 e. The van der Waals surface area contributed by atoms with Crippen molar-refractivity contribution in [2.45, 2.75) is 45.7 Å². The molecular formula is C27H34N6O2. The molecule has 1 unspecified atom stereocenters. The van der Waals surface area contributed by atoms with E-state index in [1.807, 2.05) is 24.0 Å². The van der Waals surface area contributed by atoms with Crippen molar-refractivity contribution in [3.05, 3.63) is 64.1 Å². The fourth-order valence-electron chi connectivity index (χ4n) is 5.35. The van der Waals surface area contributed by atoms with Crippen molar-refractivity contribution < 1.29 is 4.79 Å². The van der Waals surface area contributed by atoms with Crippen LogP contribution in [-0.4, -0.2) is 58.1 Å². The Balaban J connectivity index is 1.16. The molecule has 1 N–H and O–H groups in total. The molecule has 35 heavy (non-hydrogen) atoms. The first-order valence-electron chi connectivity index (χ1n) is 12.8. The first-order valence-corrected chi connectivity index (χ1v) is 12.8. The number of anilines is 1. The Kier molecular flexibility index (Phi) is 7.08. The molecule has 1 fully saturated rings. The molecule has 8 heteroatoms. The normalized spacial score (nSPS) is 18.4. The first-order chi connectivity index (χ1) is 17.1. The van der Waals surface area contributed by atoms with E-state index in [9.17, 15) is 9.59 Å².